The number of hydrogen-bond acceptors (Lipinski definition) is 3. The van der Waals surface area contributed by atoms with E-state index in [1.807, 2.05) is 26.0 Å². The van der Waals surface area contributed by atoms with Gasteiger partial charge in [0.15, 0.2) is 5.78 Å². The molecule has 0 radical (unpaired) electrons. The number of benzene rings is 1. The monoisotopic (exact) mass is 281 g/mol. The Morgan fingerprint density at radius 1 is 1.21 bits per heavy atom. The summed E-state index contributed by atoms with van der Waals surface area (Å²) in [5.74, 6) is -0.163. The summed E-state index contributed by atoms with van der Waals surface area (Å²) in [6, 6.07) is 5.47. The average molecular weight is 281 g/mol. The Morgan fingerprint density at radius 3 is 2.63 bits per heavy atom. The molecule has 1 aliphatic carbocycles. The molecule has 104 valence electrons. The SMILES string of the molecule is Cc1cccc(NS(=O)(=O)C2CCCCC2=O)c1C. The Bertz CT molecular complexity index is 593. The molecule has 1 aromatic carbocycles. The quantitative estimate of drug-likeness (QED) is 0.926. The Labute approximate surface area is 114 Å². The molecule has 1 saturated carbocycles. The second-order valence-electron chi connectivity index (χ2n) is 5.10. The third-order valence-electron chi connectivity index (χ3n) is 3.73. The molecule has 19 heavy (non-hydrogen) atoms. The number of sulfonamides is 1. The van der Waals surface area contributed by atoms with Crippen LogP contribution in [-0.4, -0.2) is 19.5 Å². The zero-order valence-electron chi connectivity index (χ0n) is 11.3. The van der Waals surface area contributed by atoms with Gasteiger partial charge in [-0.15, -0.1) is 0 Å². The lowest BCUT2D eigenvalue weighted by atomic mass is 9.99. The minimum absolute atomic E-state index is 0.163. The Balaban J connectivity index is 2.26. The first-order valence-corrected chi connectivity index (χ1v) is 8.07. The normalized spacial score (nSPS) is 20.3. The lowest BCUT2D eigenvalue weighted by molar-refractivity contribution is -0.119. The summed E-state index contributed by atoms with van der Waals surface area (Å²) in [5, 5.41) is -0.888. The third kappa shape index (κ3) is 2.97. The highest BCUT2D eigenvalue weighted by Gasteiger charge is 2.34. The van der Waals surface area contributed by atoms with Crippen molar-refractivity contribution in [3.8, 4) is 0 Å². The van der Waals surface area contributed by atoms with Gasteiger partial charge in [0.25, 0.3) is 0 Å². The number of hydrogen-bond donors (Lipinski definition) is 1. The van der Waals surface area contributed by atoms with Gasteiger partial charge in [0, 0.05) is 6.42 Å². The van der Waals surface area contributed by atoms with Crippen LogP contribution in [0.1, 0.15) is 36.8 Å². The molecule has 0 aliphatic heterocycles. The lowest BCUT2D eigenvalue weighted by Crippen LogP contribution is -2.37. The van der Waals surface area contributed by atoms with Gasteiger partial charge in [-0.2, -0.15) is 0 Å². The molecule has 0 heterocycles. The minimum atomic E-state index is -3.62. The summed E-state index contributed by atoms with van der Waals surface area (Å²) in [6.45, 7) is 3.80. The van der Waals surface area contributed by atoms with Crippen LogP contribution < -0.4 is 4.72 Å². The van der Waals surface area contributed by atoms with E-state index in [2.05, 4.69) is 4.72 Å². The zero-order valence-corrected chi connectivity index (χ0v) is 12.1. The molecule has 1 fully saturated rings. The van der Waals surface area contributed by atoms with Crippen LogP contribution in [0.4, 0.5) is 5.69 Å². The van der Waals surface area contributed by atoms with E-state index in [4.69, 9.17) is 0 Å². The molecule has 0 aromatic heterocycles. The average Bonchev–Trinajstić information content (AvgIpc) is 2.35. The topological polar surface area (TPSA) is 63.2 Å². The van der Waals surface area contributed by atoms with E-state index in [1.165, 1.54) is 0 Å². The molecule has 1 N–H and O–H groups in total. The van der Waals surface area contributed by atoms with Gasteiger partial charge in [0.1, 0.15) is 5.25 Å². The largest absolute Gasteiger partial charge is 0.298 e. The molecule has 0 saturated heterocycles. The van der Waals surface area contributed by atoms with E-state index in [1.54, 1.807) is 6.07 Å². The van der Waals surface area contributed by atoms with E-state index in [0.29, 0.717) is 18.5 Å². The number of carbonyl (C=O) groups is 1. The van der Waals surface area contributed by atoms with Gasteiger partial charge >= 0.3 is 0 Å². The fourth-order valence-electron chi connectivity index (χ4n) is 2.37. The Kier molecular flexibility index (Phi) is 3.94. The first kappa shape index (κ1) is 14.1. The minimum Gasteiger partial charge on any atom is -0.298 e. The smallest absolute Gasteiger partial charge is 0.242 e. The van der Waals surface area contributed by atoms with E-state index in [0.717, 1.165) is 24.0 Å². The lowest BCUT2D eigenvalue weighted by Gasteiger charge is -2.22. The Morgan fingerprint density at radius 2 is 1.95 bits per heavy atom. The number of nitrogens with one attached hydrogen (secondary N) is 1. The molecular formula is C14H19NO3S. The molecule has 1 aliphatic rings. The number of anilines is 1. The molecular weight excluding hydrogens is 262 g/mol. The van der Waals surface area contributed by atoms with Gasteiger partial charge in [0.05, 0.1) is 5.69 Å². The summed E-state index contributed by atoms with van der Waals surface area (Å²) in [7, 11) is -3.62. The maximum Gasteiger partial charge on any atom is 0.242 e. The highest BCUT2D eigenvalue weighted by molar-refractivity contribution is 7.94. The Hall–Kier alpha value is -1.36. The second-order valence-corrected chi connectivity index (χ2v) is 6.96. The van der Waals surface area contributed by atoms with E-state index < -0.39 is 15.3 Å². The van der Waals surface area contributed by atoms with Crippen molar-refractivity contribution in [1.82, 2.24) is 0 Å². The van der Waals surface area contributed by atoms with Crippen LogP contribution in [0, 0.1) is 13.8 Å². The highest BCUT2D eigenvalue weighted by atomic mass is 32.2. The van der Waals surface area contributed by atoms with Crippen molar-refractivity contribution in [2.45, 2.75) is 44.8 Å². The van der Waals surface area contributed by atoms with Gasteiger partial charge < -0.3 is 0 Å². The summed E-state index contributed by atoms with van der Waals surface area (Å²) in [5.41, 5.74) is 2.49. The molecule has 0 bridgehead atoms. The van der Waals surface area contributed by atoms with Gasteiger partial charge in [0.2, 0.25) is 10.0 Å². The van der Waals surface area contributed by atoms with Crippen molar-refractivity contribution in [3.05, 3.63) is 29.3 Å². The first-order valence-electron chi connectivity index (χ1n) is 6.52. The summed E-state index contributed by atoms with van der Waals surface area (Å²) >= 11 is 0. The van der Waals surface area contributed by atoms with Crippen molar-refractivity contribution in [3.63, 3.8) is 0 Å². The molecule has 4 nitrogen and oxygen atoms in total. The van der Waals surface area contributed by atoms with Crippen molar-refractivity contribution in [2.24, 2.45) is 0 Å². The molecule has 1 aromatic rings. The van der Waals surface area contributed by atoms with E-state index in [-0.39, 0.29) is 5.78 Å². The number of ketones is 1. The van der Waals surface area contributed by atoms with Crippen LogP contribution in [0.15, 0.2) is 18.2 Å². The van der Waals surface area contributed by atoms with Crippen molar-refractivity contribution >= 4 is 21.5 Å². The number of rotatable bonds is 3. The summed E-state index contributed by atoms with van der Waals surface area (Å²) in [6.07, 6.45) is 2.40. The van der Waals surface area contributed by atoms with E-state index >= 15 is 0 Å². The van der Waals surface area contributed by atoms with Gasteiger partial charge in [-0.25, -0.2) is 8.42 Å². The predicted octanol–water partition coefficient (Wildman–Crippen LogP) is 2.56. The maximum absolute atomic E-state index is 12.3. The maximum atomic E-state index is 12.3. The summed E-state index contributed by atoms with van der Waals surface area (Å²) in [4.78, 5) is 11.8. The van der Waals surface area contributed by atoms with Crippen LogP contribution >= 0.6 is 0 Å². The van der Waals surface area contributed by atoms with Crippen LogP contribution in [-0.2, 0) is 14.8 Å². The van der Waals surface area contributed by atoms with Crippen molar-refractivity contribution < 1.29 is 13.2 Å². The van der Waals surface area contributed by atoms with Crippen molar-refractivity contribution in [2.75, 3.05) is 4.72 Å². The molecule has 0 amide bonds. The zero-order chi connectivity index (χ0) is 14.0. The van der Waals surface area contributed by atoms with Gasteiger partial charge in [-0.3, -0.25) is 9.52 Å². The van der Waals surface area contributed by atoms with E-state index in [9.17, 15) is 13.2 Å². The molecule has 5 heteroatoms. The fourth-order valence-corrected chi connectivity index (χ4v) is 3.98. The summed E-state index contributed by atoms with van der Waals surface area (Å²) < 4.78 is 27.2. The third-order valence-corrected chi connectivity index (χ3v) is 5.48. The second kappa shape index (κ2) is 5.33. The van der Waals surface area contributed by atoms with Crippen LogP contribution in [0.25, 0.3) is 0 Å². The number of Topliss-reactive ketones (excluding diaryl/α,β-unsaturated/α-hetero) is 1. The van der Waals surface area contributed by atoms with Crippen LogP contribution in [0.2, 0.25) is 0 Å². The first-order chi connectivity index (χ1) is 8.92. The van der Waals surface area contributed by atoms with Gasteiger partial charge in [-0.1, -0.05) is 18.6 Å². The molecule has 1 unspecified atom stereocenters. The van der Waals surface area contributed by atoms with Crippen LogP contribution in [0.5, 0.6) is 0 Å². The number of aryl methyl sites for hydroxylation is 1. The number of carbonyl (C=O) groups excluding carboxylic acids is 1. The van der Waals surface area contributed by atoms with Crippen molar-refractivity contribution in [1.29, 1.82) is 0 Å². The molecule has 1 atom stereocenters. The van der Waals surface area contributed by atoms with Gasteiger partial charge in [-0.05, 0) is 43.9 Å². The standard InChI is InChI=1S/C14H19NO3S/c1-10-6-5-7-12(11(10)2)15-19(17,18)14-9-4-3-8-13(14)16/h5-7,14-15H,3-4,8-9H2,1-2H3. The van der Waals surface area contributed by atoms with Crippen LogP contribution in [0.3, 0.4) is 0 Å². The highest BCUT2D eigenvalue weighted by Crippen LogP contribution is 2.25. The molecule has 0 spiro atoms. The predicted molar refractivity (Wildman–Crippen MR) is 75.7 cm³/mol. The molecule has 2 rings (SSSR count). The fraction of sp³-hybridized carbons (Fsp3) is 0.500.